The molecule has 0 aromatic rings. The van der Waals surface area contributed by atoms with Gasteiger partial charge in [-0.15, -0.1) is 0 Å². The molecule has 2 N–H and O–H groups in total. The van der Waals surface area contributed by atoms with Crippen molar-refractivity contribution < 1.29 is 10.2 Å². The Labute approximate surface area is 73.6 Å². The molecule has 2 aliphatic rings. The van der Waals surface area contributed by atoms with Gasteiger partial charge in [0.15, 0.2) is 0 Å². The van der Waals surface area contributed by atoms with E-state index in [2.05, 4.69) is 20.8 Å². The van der Waals surface area contributed by atoms with Crippen molar-refractivity contribution in [2.45, 2.75) is 45.8 Å². The van der Waals surface area contributed by atoms with Gasteiger partial charge in [0.2, 0.25) is 0 Å². The zero-order valence-electron chi connectivity index (χ0n) is 8.04. The highest BCUT2D eigenvalue weighted by atomic mass is 16.3. The molecule has 12 heavy (non-hydrogen) atoms. The van der Waals surface area contributed by atoms with E-state index in [1.165, 1.54) is 0 Å². The first-order valence-corrected chi connectivity index (χ1v) is 4.76. The summed E-state index contributed by atoms with van der Waals surface area (Å²) in [6.07, 6.45) is 1.16. The molecular formula is C10H18O2. The van der Waals surface area contributed by atoms with Crippen LogP contribution in [0, 0.1) is 16.7 Å². The summed E-state index contributed by atoms with van der Waals surface area (Å²) in [7, 11) is 0. The predicted molar refractivity (Wildman–Crippen MR) is 46.6 cm³/mol. The second-order valence-electron chi connectivity index (χ2n) is 5.27. The lowest BCUT2D eigenvalue weighted by atomic mass is 9.70. The Bertz CT molecular complexity index is 212. The first kappa shape index (κ1) is 8.52. The van der Waals surface area contributed by atoms with Crippen LogP contribution in [-0.2, 0) is 0 Å². The molecule has 0 aliphatic heterocycles. The van der Waals surface area contributed by atoms with Gasteiger partial charge >= 0.3 is 0 Å². The van der Waals surface area contributed by atoms with Crippen LogP contribution < -0.4 is 0 Å². The van der Waals surface area contributed by atoms with E-state index in [0.29, 0.717) is 5.92 Å². The first-order valence-electron chi connectivity index (χ1n) is 4.76. The van der Waals surface area contributed by atoms with E-state index in [1.54, 1.807) is 0 Å². The summed E-state index contributed by atoms with van der Waals surface area (Å²) in [6.45, 7) is 6.45. The standard InChI is InChI=1S/C10H18O2/c1-9(2)6-4-8(12)10(9,3)5-7(6)11/h6-8,11-12H,4-5H2,1-3H3/t6?,7-,8+,10?/m0/s1. The molecule has 0 radical (unpaired) electrons. The maximum absolute atomic E-state index is 9.82. The second kappa shape index (κ2) is 2.05. The average Bonchev–Trinajstić information content (AvgIpc) is 2.18. The number of aliphatic hydroxyl groups is 2. The summed E-state index contributed by atoms with van der Waals surface area (Å²) in [5, 5.41) is 19.5. The quantitative estimate of drug-likeness (QED) is 0.573. The molecule has 2 aliphatic carbocycles. The first-order chi connectivity index (χ1) is 5.39. The lowest BCUT2D eigenvalue weighted by Gasteiger charge is -2.36. The molecule has 0 spiro atoms. The molecule has 2 bridgehead atoms. The molecule has 2 saturated carbocycles. The minimum Gasteiger partial charge on any atom is -0.393 e. The Hall–Kier alpha value is -0.0800. The fourth-order valence-electron chi connectivity index (χ4n) is 3.26. The molecule has 0 aromatic carbocycles. The van der Waals surface area contributed by atoms with Gasteiger partial charge in [-0.2, -0.15) is 0 Å². The van der Waals surface area contributed by atoms with E-state index in [9.17, 15) is 10.2 Å². The van der Waals surface area contributed by atoms with Crippen LogP contribution in [0.2, 0.25) is 0 Å². The van der Waals surface area contributed by atoms with E-state index >= 15 is 0 Å². The highest BCUT2D eigenvalue weighted by Crippen LogP contribution is 2.65. The molecule has 0 amide bonds. The second-order valence-corrected chi connectivity index (χ2v) is 5.27. The van der Waals surface area contributed by atoms with E-state index in [1.807, 2.05) is 0 Å². The summed E-state index contributed by atoms with van der Waals surface area (Å²) < 4.78 is 0. The maximum atomic E-state index is 9.82. The van der Waals surface area contributed by atoms with E-state index in [-0.39, 0.29) is 23.0 Å². The summed E-state index contributed by atoms with van der Waals surface area (Å²) in [6, 6.07) is 0. The van der Waals surface area contributed by atoms with E-state index in [4.69, 9.17) is 0 Å². The number of aliphatic hydroxyl groups excluding tert-OH is 2. The van der Waals surface area contributed by atoms with Gasteiger partial charge in [-0.25, -0.2) is 0 Å². The van der Waals surface area contributed by atoms with Gasteiger partial charge in [0.1, 0.15) is 0 Å². The zero-order valence-corrected chi connectivity index (χ0v) is 8.04. The van der Waals surface area contributed by atoms with Crippen molar-refractivity contribution in [2.75, 3.05) is 0 Å². The van der Waals surface area contributed by atoms with Crippen molar-refractivity contribution in [2.24, 2.45) is 16.7 Å². The van der Waals surface area contributed by atoms with Gasteiger partial charge in [0.25, 0.3) is 0 Å². The Morgan fingerprint density at radius 1 is 1.17 bits per heavy atom. The largest absolute Gasteiger partial charge is 0.393 e. The number of rotatable bonds is 0. The molecule has 70 valence electrons. The number of hydrogen-bond acceptors (Lipinski definition) is 2. The summed E-state index contributed by atoms with van der Waals surface area (Å²) in [4.78, 5) is 0. The van der Waals surface area contributed by atoms with Crippen LogP contribution in [0.5, 0.6) is 0 Å². The third-order valence-electron chi connectivity index (χ3n) is 4.71. The molecule has 0 aromatic heterocycles. The minimum absolute atomic E-state index is 0.0584. The van der Waals surface area contributed by atoms with Gasteiger partial charge in [0.05, 0.1) is 12.2 Å². The van der Waals surface area contributed by atoms with Gasteiger partial charge < -0.3 is 10.2 Å². The Balaban J connectivity index is 2.41. The van der Waals surface area contributed by atoms with Crippen molar-refractivity contribution >= 4 is 0 Å². The van der Waals surface area contributed by atoms with Crippen LogP contribution in [0.1, 0.15) is 33.6 Å². The smallest absolute Gasteiger partial charge is 0.0603 e. The molecule has 2 nitrogen and oxygen atoms in total. The number of fused-ring (bicyclic) bond motifs is 2. The van der Waals surface area contributed by atoms with Gasteiger partial charge in [0, 0.05) is 5.41 Å². The van der Waals surface area contributed by atoms with Crippen LogP contribution in [-0.4, -0.2) is 22.4 Å². The fraction of sp³-hybridized carbons (Fsp3) is 1.00. The normalized spacial score (nSPS) is 56.2. The highest BCUT2D eigenvalue weighted by Gasteiger charge is 2.64. The van der Waals surface area contributed by atoms with Crippen molar-refractivity contribution in [1.82, 2.24) is 0 Å². The zero-order chi connectivity index (χ0) is 9.15. The van der Waals surface area contributed by atoms with Crippen molar-refractivity contribution in [1.29, 1.82) is 0 Å². The summed E-state index contributed by atoms with van der Waals surface area (Å²) >= 11 is 0. The van der Waals surface area contributed by atoms with Crippen molar-refractivity contribution in [3.8, 4) is 0 Å². The van der Waals surface area contributed by atoms with Gasteiger partial charge in [-0.1, -0.05) is 20.8 Å². The minimum atomic E-state index is -0.208. The fourth-order valence-corrected chi connectivity index (χ4v) is 3.26. The highest BCUT2D eigenvalue weighted by molar-refractivity contribution is 5.13. The Kier molecular flexibility index (Phi) is 1.45. The molecule has 2 unspecified atom stereocenters. The summed E-state index contributed by atoms with van der Waals surface area (Å²) in [5.41, 5.74) is 0.0446. The van der Waals surface area contributed by atoms with Crippen LogP contribution in [0.15, 0.2) is 0 Å². The molecule has 0 heterocycles. The monoisotopic (exact) mass is 170 g/mol. The Morgan fingerprint density at radius 3 is 2.00 bits per heavy atom. The SMILES string of the molecule is CC1(C)C2C[C@@H](O)C1(C)C[C@@H]2O. The van der Waals surface area contributed by atoms with Crippen molar-refractivity contribution in [3.63, 3.8) is 0 Å². The lowest BCUT2D eigenvalue weighted by Crippen LogP contribution is -2.36. The van der Waals surface area contributed by atoms with Gasteiger partial charge in [-0.05, 0) is 24.2 Å². The van der Waals surface area contributed by atoms with Crippen LogP contribution in [0.4, 0.5) is 0 Å². The average molecular weight is 170 g/mol. The topological polar surface area (TPSA) is 40.5 Å². The molecule has 0 saturated heterocycles. The molecule has 2 fully saturated rings. The van der Waals surface area contributed by atoms with Crippen molar-refractivity contribution in [3.05, 3.63) is 0 Å². The van der Waals surface area contributed by atoms with Crippen LogP contribution >= 0.6 is 0 Å². The van der Waals surface area contributed by atoms with E-state index in [0.717, 1.165) is 12.8 Å². The third-order valence-corrected chi connectivity index (χ3v) is 4.71. The molecular weight excluding hydrogens is 152 g/mol. The maximum Gasteiger partial charge on any atom is 0.0603 e. The van der Waals surface area contributed by atoms with Crippen LogP contribution in [0.25, 0.3) is 0 Å². The predicted octanol–water partition coefficient (Wildman–Crippen LogP) is 1.16. The molecule has 2 heteroatoms. The Morgan fingerprint density at radius 2 is 1.75 bits per heavy atom. The molecule has 4 atom stereocenters. The lowest BCUT2D eigenvalue weighted by molar-refractivity contribution is -0.00727. The molecule has 2 rings (SSSR count). The third kappa shape index (κ3) is 0.686. The van der Waals surface area contributed by atoms with Crippen LogP contribution in [0.3, 0.4) is 0 Å². The van der Waals surface area contributed by atoms with Gasteiger partial charge in [-0.3, -0.25) is 0 Å². The summed E-state index contributed by atoms with van der Waals surface area (Å²) in [5.74, 6) is 0.303. The number of hydrogen-bond donors (Lipinski definition) is 2. The van der Waals surface area contributed by atoms with E-state index < -0.39 is 0 Å².